The Morgan fingerprint density at radius 1 is 1.20 bits per heavy atom. The zero-order chi connectivity index (χ0) is 15.1. The minimum Gasteiger partial charge on any atom is -0.481 e. The zero-order valence-electron chi connectivity index (χ0n) is 12.1. The van der Waals surface area contributed by atoms with Gasteiger partial charge in [-0.3, -0.25) is 0 Å². The van der Waals surface area contributed by atoms with Gasteiger partial charge in [-0.15, -0.1) is 0 Å². The Bertz CT molecular complexity index is 470. The first-order valence-corrected chi connectivity index (χ1v) is 6.58. The molecule has 0 atom stereocenters. The van der Waals surface area contributed by atoms with Gasteiger partial charge < -0.3 is 14.6 Å². The van der Waals surface area contributed by atoms with Gasteiger partial charge in [-0.1, -0.05) is 13.3 Å². The van der Waals surface area contributed by atoms with Gasteiger partial charge in [0.25, 0.3) is 0 Å². The molecule has 1 aromatic carbocycles. The van der Waals surface area contributed by atoms with Crippen molar-refractivity contribution in [1.29, 1.82) is 0 Å². The Kier molecular flexibility index (Phi) is 6.03. The molecule has 110 valence electrons. The Hall–Kier alpha value is -2.04. The summed E-state index contributed by atoms with van der Waals surface area (Å²) in [6, 6.07) is 3.04. The molecule has 0 aliphatic carbocycles. The van der Waals surface area contributed by atoms with Crippen molar-refractivity contribution >= 4 is 11.9 Å². The van der Waals surface area contributed by atoms with E-state index in [1.54, 1.807) is 13.8 Å². The average molecular weight is 280 g/mol. The Morgan fingerprint density at radius 3 is 2.30 bits per heavy atom. The normalized spacial score (nSPS) is 10.2. The van der Waals surface area contributed by atoms with Crippen LogP contribution in [0.1, 0.15) is 41.3 Å². The molecule has 0 unspecified atom stereocenters. The average Bonchev–Trinajstić information content (AvgIpc) is 2.37. The van der Waals surface area contributed by atoms with Crippen LogP contribution in [-0.4, -0.2) is 30.3 Å². The molecular formula is C15H20O5. The van der Waals surface area contributed by atoms with E-state index >= 15 is 0 Å². The quantitative estimate of drug-likeness (QED) is 0.614. The standard InChI is InChI=1S/C15H20O5/c1-4-5-6-19-13(16)9-20-14-10(2)7-12(15(17)18)8-11(14)3/h7-8H,4-6,9H2,1-3H3,(H,17,18). The van der Waals surface area contributed by atoms with Gasteiger partial charge in [0, 0.05) is 0 Å². The van der Waals surface area contributed by atoms with Crippen LogP contribution in [0.5, 0.6) is 5.75 Å². The largest absolute Gasteiger partial charge is 0.481 e. The lowest BCUT2D eigenvalue weighted by atomic mass is 10.1. The summed E-state index contributed by atoms with van der Waals surface area (Å²) in [7, 11) is 0. The number of aryl methyl sites for hydroxylation is 2. The summed E-state index contributed by atoms with van der Waals surface area (Å²) < 4.78 is 10.4. The van der Waals surface area contributed by atoms with Crippen LogP contribution in [0.2, 0.25) is 0 Å². The fourth-order valence-corrected chi connectivity index (χ4v) is 1.80. The second kappa shape index (κ2) is 7.53. The van der Waals surface area contributed by atoms with Gasteiger partial charge in [-0.2, -0.15) is 0 Å². The number of carboxylic acid groups (broad SMARTS) is 1. The molecule has 0 spiro atoms. The smallest absolute Gasteiger partial charge is 0.344 e. The first-order chi connectivity index (χ1) is 9.45. The summed E-state index contributed by atoms with van der Waals surface area (Å²) in [4.78, 5) is 22.4. The molecule has 0 aromatic heterocycles. The van der Waals surface area contributed by atoms with Crippen LogP contribution in [0.25, 0.3) is 0 Å². The maximum Gasteiger partial charge on any atom is 0.344 e. The number of carboxylic acids is 1. The number of hydrogen-bond donors (Lipinski definition) is 1. The van der Waals surface area contributed by atoms with Crippen molar-refractivity contribution in [3.63, 3.8) is 0 Å². The van der Waals surface area contributed by atoms with Crippen LogP contribution < -0.4 is 4.74 Å². The molecular weight excluding hydrogens is 260 g/mol. The monoisotopic (exact) mass is 280 g/mol. The lowest BCUT2D eigenvalue weighted by molar-refractivity contribution is -0.146. The molecule has 1 rings (SSSR count). The van der Waals surface area contributed by atoms with Gasteiger partial charge in [0.05, 0.1) is 12.2 Å². The first-order valence-electron chi connectivity index (χ1n) is 6.58. The molecule has 20 heavy (non-hydrogen) atoms. The Balaban J connectivity index is 2.64. The van der Waals surface area contributed by atoms with Crippen molar-refractivity contribution < 1.29 is 24.2 Å². The highest BCUT2D eigenvalue weighted by molar-refractivity contribution is 5.88. The molecule has 5 nitrogen and oxygen atoms in total. The zero-order valence-corrected chi connectivity index (χ0v) is 12.1. The van der Waals surface area contributed by atoms with Crippen LogP contribution in [0.4, 0.5) is 0 Å². The van der Waals surface area contributed by atoms with Crippen molar-refractivity contribution in [2.75, 3.05) is 13.2 Å². The van der Waals surface area contributed by atoms with Crippen LogP contribution >= 0.6 is 0 Å². The minimum atomic E-state index is -0.985. The van der Waals surface area contributed by atoms with E-state index in [4.69, 9.17) is 14.6 Å². The lowest BCUT2D eigenvalue weighted by Crippen LogP contribution is -2.16. The second-order valence-corrected chi connectivity index (χ2v) is 4.61. The number of hydrogen-bond acceptors (Lipinski definition) is 4. The van der Waals surface area contributed by atoms with E-state index < -0.39 is 11.9 Å². The summed E-state index contributed by atoms with van der Waals surface area (Å²) in [6.07, 6.45) is 1.79. The molecule has 0 aliphatic rings. The molecule has 5 heteroatoms. The van der Waals surface area contributed by atoms with Gasteiger partial charge >= 0.3 is 11.9 Å². The maximum absolute atomic E-state index is 11.4. The number of unbranched alkanes of at least 4 members (excludes halogenated alkanes) is 1. The van der Waals surface area contributed by atoms with E-state index in [2.05, 4.69) is 0 Å². The topological polar surface area (TPSA) is 72.8 Å². The first kappa shape index (κ1) is 16.0. The number of rotatable bonds is 7. The highest BCUT2D eigenvalue weighted by Gasteiger charge is 2.12. The van der Waals surface area contributed by atoms with Gasteiger partial charge in [0.2, 0.25) is 0 Å². The number of aromatic carboxylic acids is 1. The molecule has 0 fully saturated rings. The molecule has 1 aromatic rings. The predicted molar refractivity (Wildman–Crippen MR) is 74.2 cm³/mol. The molecule has 0 radical (unpaired) electrons. The lowest BCUT2D eigenvalue weighted by Gasteiger charge is -2.12. The summed E-state index contributed by atoms with van der Waals surface area (Å²) in [5, 5.41) is 8.95. The maximum atomic E-state index is 11.4. The third-order valence-electron chi connectivity index (χ3n) is 2.80. The fraction of sp³-hybridized carbons (Fsp3) is 0.467. The molecule has 0 bridgehead atoms. The van der Waals surface area contributed by atoms with Crippen molar-refractivity contribution in [1.82, 2.24) is 0 Å². The number of esters is 1. The molecule has 0 aliphatic heterocycles. The van der Waals surface area contributed by atoms with Gasteiger partial charge in [0.15, 0.2) is 6.61 Å². The highest BCUT2D eigenvalue weighted by Crippen LogP contribution is 2.24. The molecule has 0 heterocycles. The molecule has 0 saturated heterocycles. The Morgan fingerprint density at radius 2 is 1.80 bits per heavy atom. The van der Waals surface area contributed by atoms with E-state index in [1.165, 1.54) is 12.1 Å². The van der Waals surface area contributed by atoms with E-state index in [0.29, 0.717) is 23.5 Å². The second-order valence-electron chi connectivity index (χ2n) is 4.61. The van der Waals surface area contributed by atoms with E-state index in [1.807, 2.05) is 6.92 Å². The van der Waals surface area contributed by atoms with Gasteiger partial charge in [-0.25, -0.2) is 9.59 Å². The Labute approximate surface area is 118 Å². The van der Waals surface area contributed by atoms with Crippen molar-refractivity contribution in [3.8, 4) is 5.75 Å². The summed E-state index contributed by atoms with van der Waals surface area (Å²) in [5.41, 5.74) is 1.57. The van der Waals surface area contributed by atoms with Crippen LogP contribution in [-0.2, 0) is 9.53 Å². The van der Waals surface area contributed by atoms with Crippen LogP contribution in [0, 0.1) is 13.8 Å². The number of carbonyl (C=O) groups is 2. The third kappa shape index (κ3) is 4.57. The summed E-state index contributed by atoms with van der Waals surface area (Å²) >= 11 is 0. The fourth-order valence-electron chi connectivity index (χ4n) is 1.80. The van der Waals surface area contributed by atoms with E-state index in [-0.39, 0.29) is 12.2 Å². The van der Waals surface area contributed by atoms with E-state index in [0.717, 1.165) is 12.8 Å². The number of carbonyl (C=O) groups excluding carboxylic acids is 1. The molecule has 0 amide bonds. The van der Waals surface area contributed by atoms with Crippen molar-refractivity contribution in [3.05, 3.63) is 28.8 Å². The SMILES string of the molecule is CCCCOC(=O)COc1c(C)cc(C(=O)O)cc1C. The van der Waals surface area contributed by atoms with Crippen molar-refractivity contribution in [2.24, 2.45) is 0 Å². The minimum absolute atomic E-state index is 0.169. The highest BCUT2D eigenvalue weighted by atomic mass is 16.6. The van der Waals surface area contributed by atoms with Crippen LogP contribution in [0.3, 0.4) is 0 Å². The third-order valence-corrected chi connectivity index (χ3v) is 2.80. The number of ether oxygens (including phenoxy) is 2. The van der Waals surface area contributed by atoms with Gasteiger partial charge in [0.1, 0.15) is 5.75 Å². The summed E-state index contributed by atoms with van der Waals surface area (Å²) in [5.74, 6) is -0.872. The van der Waals surface area contributed by atoms with E-state index in [9.17, 15) is 9.59 Å². The van der Waals surface area contributed by atoms with Crippen LogP contribution in [0.15, 0.2) is 12.1 Å². The predicted octanol–water partition coefficient (Wildman–Crippen LogP) is 2.72. The van der Waals surface area contributed by atoms with Gasteiger partial charge in [-0.05, 0) is 43.5 Å². The van der Waals surface area contributed by atoms with Crippen molar-refractivity contribution in [2.45, 2.75) is 33.6 Å². The molecule has 1 N–H and O–H groups in total. The molecule has 0 saturated carbocycles. The summed E-state index contributed by atoms with van der Waals surface area (Å²) in [6.45, 7) is 5.74. The number of benzene rings is 1.